The van der Waals surface area contributed by atoms with Crippen LogP contribution in [0.1, 0.15) is 44.5 Å². The van der Waals surface area contributed by atoms with E-state index in [4.69, 9.17) is 0 Å². The van der Waals surface area contributed by atoms with E-state index in [1.165, 1.54) is 0 Å². The molecule has 2 N–H and O–H groups in total. The van der Waals surface area contributed by atoms with Crippen LogP contribution in [0.25, 0.3) is 11.0 Å². The number of ketones is 1. The molecule has 0 radical (unpaired) electrons. The molecular formula is C15H20N2O2. The van der Waals surface area contributed by atoms with E-state index in [2.05, 4.69) is 37.7 Å². The maximum atomic E-state index is 12.3. The maximum Gasteiger partial charge on any atom is 0.323 e. The molecule has 0 aliphatic carbocycles. The summed E-state index contributed by atoms with van der Waals surface area (Å²) in [5.41, 5.74) is 1.92. The summed E-state index contributed by atoms with van der Waals surface area (Å²) < 4.78 is 0. The van der Waals surface area contributed by atoms with Crippen molar-refractivity contribution < 1.29 is 4.79 Å². The fourth-order valence-corrected chi connectivity index (χ4v) is 1.91. The van der Waals surface area contributed by atoms with Crippen molar-refractivity contribution >= 4 is 16.8 Å². The smallest absolute Gasteiger partial charge is 0.306 e. The van der Waals surface area contributed by atoms with Gasteiger partial charge in [0.25, 0.3) is 0 Å². The lowest BCUT2D eigenvalue weighted by Gasteiger charge is -2.26. The van der Waals surface area contributed by atoms with E-state index in [0.29, 0.717) is 23.4 Å². The highest BCUT2D eigenvalue weighted by Gasteiger charge is 2.23. The second kappa shape index (κ2) is 4.68. The Morgan fingerprint density at radius 1 is 1.21 bits per heavy atom. The number of hydrogen-bond donors (Lipinski definition) is 2. The number of aromatic nitrogens is 2. The maximum absolute atomic E-state index is 12.3. The zero-order valence-electron chi connectivity index (χ0n) is 11.8. The van der Waals surface area contributed by atoms with Crippen LogP contribution in [-0.2, 0) is 0 Å². The number of fused-ring (bicyclic) bond motifs is 1. The predicted molar refractivity (Wildman–Crippen MR) is 76.5 cm³/mol. The monoisotopic (exact) mass is 260 g/mol. The number of rotatable bonds is 3. The number of carbonyl (C=O) groups excluding carboxylic acids is 1. The zero-order chi connectivity index (χ0) is 14.2. The van der Waals surface area contributed by atoms with Gasteiger partial charge in [0, 0.05) is 12.0 Å². The molecule has 0 aliphatic rings. The number of benzene rings is 1. The largest absolute Gasteiger partial charge is 0.323 e. The number of hydrogen-bond acceptors (Lipinski definition) is 2. The Morgan fingerprint density at radius 3 is 2.47 bits per heavy atom. The molecule has 0 spiro atoms. The van der Waals surface area contributed by atoms with Crippen LogP contribution in [0.3, 0.4) is 0 Å². The zero-order valence-corrected chi connectivity index (χ0v) is 11.8. The van der Waals surface area contributed by atoms with Crippen molar-refractivity contribution in [1.29, 1.82) is 0 Å². The SMILES string of the molecule is CC(CC(=O)c1ccc2[nH]c(=O)[nH]c2c1)C(C)(C)C. The molecule has 1 atom stereocenters. The number of imidazole rings is 1. The van der Waals surface area contributed by atoms with Crippen molar-refractivity contribution in [3.8, 4) is 0 Å². The predicted octanol–water partition coefficient (Wildman–Crippen LogP) is 3.11. The van der Waals surface area contributed by atoms with E-state index in [9.17, 15) is 9.59 Å². The Bertz CT molecular complexity index is 659. The van der Waals surface area contributed by atoms with Gasteiger partial charge in [-0.15, -0.1) is 0 Å². The van der Waals surface area contributed by atoms with Crippen LogP contribution in [0, 0.1) is 11.3 Å². The summed E-state index contributed by atoms with van der Waals surface area (Å²) in [6.07, 6.45) is 0.518. The average molecular weight is 260 g/mol. The summed E-state index contributed by atoms with van der Waals surface area (Å²) in [5, 5.41) is 0. The van der Waals surface area contributed by atoms with E-state index >= 15 is 0 Å². The third kappa shape index (κ3) is 2.95. The van der Waals surface area contributed by atoms with Crippen LogP contribution in [0.2, 0.25) is 0 Å². The van der Waals surface area contributed by atoms with Crippen molar-refractivity contribution in [2.75, 3.05) is 0 Å². The molecule has 19 heavy (non-hydrogen) atoms. The molecule has 0 saturated heterocycles. The number of nitrogens with one attached hydrogen (secondary N) is 2. The fraction of sp³-hybridized carbons (Fsp3) is 0.467. The lowest BCUT2D eigenvalue weighted by molar-refractivity contribution is 0.0927. The summed E-state index contributed by atoms with van der Waals surface area (Å²) >= 11 is 0. The molecule has 4 heteroatoms. The number of Topliss-reactive ketones (excluding diaryl/α,β-unsaturated/α-hetero) is 1. The molecule has 4 nitrogen and oxygen atoms in total. The first kappa shape index (κ1) is 13.6. The minimum atomic E-state index is -0.248. The Kier molecular flexibility index (Phi) is 3.35. The first-order valence-electron chi connectivity index (χ1n) is 6.52. The Hall–Kier alpha value is -1.84. The first-order chi connectivity index (χ1) is 8.77. The highest BCUT2D eigenvalue weighted by atomic mass is 16.1. The summed E-state index contributed by atoms with van der Waals surface area (Å²) in [6, 6.07) is 5.27. The van der Waals surface area contributed by atoms with Crippen molar-refractivity contribution in [2.45, 2.75) is 34.1 Å². The van der Waals surface area contributed by atoms with Gasteiger partial charge in [0.15, 0.2) is 5.78 Å². The first-order valence-corrected chi connectivity index (χ1v) is 6.52. The van der Waals surface area contributed by atoms with Crippen LogP contribution >= 0.6 is 0 Å². The molecular weight excluding hydrogens is 240 g/mol. The van der Waals surface area contributed by atoms with Crippen molar-refractivity contribution in [3.63, 3.8) is 0 Å². The molecule has 0 aliphatic heterocycles. The number of aromatic amines is 2. The van der Waals surface area contributed by atoms with Crippen LogP contribution < -0.4 is 5.69 Å². The van der Waals surface area contributed by atoms with E-state index in [1.54, 1.807) is 18.2 Å². The lowest BCUT2D eigenvalue weighted by atomic mass is 9.78. The van der Waals surface area contributed by atoms with Gasteiger partial charge in [0.2, 0.25) is 0 Å². The minimum Gasteiger partial charge on any atom is -0.306 e. The Morgan fingerprint density at radius 2 is 1.84 bits per heavy atom. The van der Waals surface area contributed by atoms with Crippen LogP contribution in [0.15, 0.2) is 23.0 Å². The molecule has 2 aromatic rings. The van der Waals surface area contributed by atoms with Gasteiger partial charge in [-0.05, 0) is 29.5 Å². The third-order valence-corrected chi connectivity index (χ3v) is 3.81. The van der Waals surface area contributed by atoms with Gasteiger partial charge in [-0.25, -0.2) is 4.79 Å². The normalized spacial score (nSPS) is 13.7. The third-order valence-electron chi connectivity index (χ3n) is 3.81. The quantitative estimate of drug-likeness (QED) is 0.833. The van der Waals surface area contributed by atoms with Crippen LogP contribution in [-0.4, -0.2) is 15.8 Å². The van der Waals surface area contributed by atoms with E-state index < -0.39 is 0 Å². The van der Waals surface area contributed by atoms with Gasteiger partial charge in [-0.3, -0.25) is 4.79 Å². The molecule has 102 valence electrons. The molecule has 0 saturated carbocycles. The molecule has 0 fully saturated rings. The van der Waals surface area contributed by atoms with E-state index in [0.717, 1.165) is 5.52 Å². The fourth-order valence-electron chi connectivity index (χ4n) is 1.91. The second-order valence-electron chi connectivity index (χ2n) is 6.23. The van der Waals surface area contributed by atoms with Gasteiger partial charge >= 0.3 is 5.69 Å². The van der Waals surface area contributed by atoms with E-state index in [-0.39, 0.29) is 16.9 Å². The van der Waals surface area contributed by atoms with Crippen LogP contribution in [0.4, 0.5) is 0 Å². The summed E-state index contributed by atoms with van der Waals surface area (Å²) in [4.78, 5) is 28.8. The van der Waals surface area contributed by atoms with Gasteiger partial charge in [-0.1, -0.05) is 27.7 Å². The van der Waals surface area contributed by atoms with E-state index in [1.807, 2.05) is 0 Å². The average Bonchev–Trinajstić information content (AvgIpc) is 2.66. The molecule has 0 bridgehead atoms. The second-order valence-corrected chi connectivity index (χ2v) is 6.23. The number of carbonyl (C=O) groups is 1. The van der Waals surface area contributed by atoms with Gasteiger partial charge in [0.1, 0.15) is 0 Å². The highest BCUT2D eigenvalue weighted by Crippen LogP contribution is 2.29. The molecule has 1 aromatic heterocycles. The standard InChI is InChI=1S/C15H20N2O2/c1-9(15(2,3)4)7-13(18)10-5-6-11-12(8-10)17-14(19)16-11/h5-6,8-9H,7H2,1-4H3,(H2,16,17,19). The minimum absolute atomic E-state index is 0.113. The summed E-state index contributed by atoms with van der Waals surface area (Å²) in [5.74, 6) is 0.423. The Balaban J connectivity index is 2.24. The topological polar surface area (TPSA) is 65.7 Å². The van der Waals surface area contributed by atoms with Gasteiger partial charge < -0.3 is 9.97 Å². The summed E-state index contributed by atoms with van der Waals surface area (Å²) in [7, 11) is 0. The number of H-pyrrole nitrogens is 2. The molecule has 1 aromatic carbocycles. The molecule has 0 amide bonds. The lowest BCUT2D eigenvalue weighted by Crippen LogP contribution is -2.20. The molecule has 1 heterocycles. The van der Waals surface area contributed by atoms with Gasteiger partial charge in [-0.2, -0.15) is 0 Å². The van der Waals surface area contributed by atoms with Gasteiger partial charge in [0.05, 0.1) is 11.0 Å². The van der Waals surface area contributed by atoms with Crippen molar-refractivity contribution in [3.05, 3.63) is 34.2 Å². The van der Waals surface area contributed by atoms with Crippen LogP contribution in [0.5, 0.6) is 0 Å². The highest BCUT2D eigenvalue weighted by molar-refractivity contribution is 5.98. The summed E-state index contributed by atoms with van der Waals surface area (Å²) in [6.45, 7) is 8.50. The van der Waals surface area contributed by atoms with Crippen molar-refractivity contribution in [1.82, 2.24) is 9.97 Å². The molecule has 2 rings (SSSR count). The Labute approximate surface area is 112 Å². The van der Waals surface area contributed by atoms with Crippen molar-refractivity contribution in [2.24, 2.45) is 11.3 Å². The molecule has 1 unspecified atom stereocenters.